The van der Waals surface area contributed by atoms with Crippen molar-refractivity contribution in [3.8, 4) is 0 Å². The summed E-state index contributed by atoms with van der Waals surface area (Å²) in [6.45, 7) is 3.39. The van der Waals surface area contributed by atoms with E-state index in [-0.39, 0.29) is 30.9 Å². The van der Waals surface area contributed by atoms with Gasteiger partial charge in [-0.2, -0.15) is 0 Å². The number of likely N-dealkylation sites (tertiary alicyclic amines) is 1. The van der Waals surface area contributed by atoms with Crippen molar-refractivity contribution in [3.63, 3.8) is 0 Å². The number of hydrogen-bond donors (Lipinski definition) is 1. The number of ether oxygens (including phenoxy) is 2. The number of nitrogens with zero attached hydrogens (tertiary/aromatic N) is 1. The number of carbonyl (C=O) groups is 1. The van der Waals surface area contributed by atoms with Crippen molar-refractivity contribution in [1.29, 1.82) is 0 Å². The van der Waals surface area contributed by atoms with Gasteiger partial charge in [0.05, 0.1) is 25.2 Å². The molecule has 2 aliphatic rings. The van der Waals surface area contributed by atoms with Gasteiger partial charge in [0.25, 0.3) is 0 Å². The monoisotopic (exact) mass is 282 g/mol. The number of hydrogen-bond acceptors (Lipinski definition) is 4. The lowest BCUT2D eigenvalue weighted by Crippen LogP contribution is -2.42. The van der Waals surface area contributed by atoms with Gasteiger partial charge in [-0.15, -0.1) is 0 Å². The molecule has 2 rings (SSSR count). The Morgan fingerprint density at radius 2 is 2.35 bits per heavy atom. The van der Waals surface area contributed by atoms with Crippen molar-refractivity contribution < 1.29 is 19.4 Å². The number of rotatable bonds is 7. The van der Waals surface area contributed by atoms with Crippen molar-refractivity contribution in [2.75, 3.05) is 19.8 Å². The SMILES string of the molecule is C[B]CCCN1C(=O)C[C@@H](OC2CCCCO2)[C@@H]1CO. The van der Waals surface area contributed by atoms with Crippen LogP contribution in [0.2, 0.25) is 13.1 Å². The zero-order valence-electron chi connectivity index (χ0n) is 12.3. The third-order valence-electron chi connectivity index (χ3n) is 4.07. The number of aliphatic hydroxyl groups is 1. The van der Waals surface area contributed by atoms with E-state index in [1.54, 1.807) is 4.90 Å². The highest BCUT2D eigenvalue weighted by Crippen LogP contribution is 2.26. The molecule has 0 saturated carbocycles. The summed E-state index contributed by atoms with van der Waals surface area (Å²) in [5.74, 6) is 0.0842. The summed E-state index contributed by atoms with van der Waals surface area (Å²) < 4.78 is 11.5. The van der Waals surface area contributed by atoms with Gasteiger partial charge in [-0.25, -0.2) is 0 Å². The average molecular weight is 282 g/mol. The molecule has 0 aromatic heterocycles. The summed E-state index contributed by atoms with van der Waals surface area (Å²) in [5.41, 5.74) is 0. The van der Waals surface area contributed by atoms with E-state index < -0.39 is 0 Å². The molecule has 0 spiro atoms. The molecule has 0 bridgehead atoms. The van der Waals surface area contributed by atoms with Crippen LogP contribution in [0.15, 0.2) is 0 Å². The molecule has 2 fully saturated rings. The molecular formula is C14H25BNO4. The second-order valence-corrected chi connectivity index (χ2v) is 5.56. The zero-order chi connectivity index (χ0) is 14.4. The van der Waals surface area contributed by atoms with E-state index in [0.717, 1.165) is 38.6 Å². The summed E-state index contributed by atoms with van der Waals surface area (Å²) in [6.07, 6.45) is 4.90. The first-order valence-corrected chi connectivity index (χ1v) is 7.71. The largest absolute Gasteiger partial charge is 0.394 e. The molecule has 0 aliphatic carbocycles. The fourth-order valence-corrected chi connectivity index (χ4v) is 2.94. The van der Waals surface area contributed by atoms with Crippen molar-refractivity contribution in [3.05, 3.63) is 0 Å². The molecule has 3 atom stereocenters. The van der Waals surface area contributed by atoms with Crippen LogP contribution in [-0.2, 0) is 14.3 Å². The third kappa shape index (κ3) is 3.96. The molecule has 1 radical (unpaired) electrons. The Labute approximate surface area is 121 Å². The predicted molar refractivity (Wildman–Crippen MR) is 76.7 cm³/mol. The Morgan fingerprint density at radius 1 is 1.50 bits per heavy atom. The molecular weight excluding hydrogens is 257 g/mol. The smallest absolute Gasteiger partial charge is 0.225 e. The van der Waals surface area contributed by atoms with Crippen molar-refractivity contribution in [2.45, 2.75) is 63.7 Å². The Balaban J connectivity index is 1.87. The summed E-state index contributed by atoms with van der Waals surface area (Å²) in [4.78, 5) is 13.8. The zero-order valence-corrected chi connectivity index (χ0v) is 12.3. The van der Waals surface area contributed by atoms with Gasteiger partial charge in [-0.3, -0.25) is 4.79 Å². The van der Waals surface area contributed by atoms with E-state index in [1.165, 1.54) is 0 Å². The minimum atomic E-state index is -0.235. The van der Waals surface area contributed by atoms with Crippen LogP contribution in [0.4, 0.5) is 0 Å². The highest BCUT2D eigenvalue weighted by molar-refractivity contribution is 6.33. The Kier molecular flexibility index (Phi) is 6.32. The molecule has 1 amide bonds. The summed E-state index contributed by atoms with van der Waals surface area (Å²) >= 11 is 0. The number of aliphatic hydroxyl groups excluding tert-OH is 1. The van der Waals surface area contributed by atoms with Gasteiger partial charge in [0, 0.05) is 13.2 Å². The maximum absolute atomic E-state index is 12.1. The first-order valence-electron chi connectivity index (χ1n) is 7.71. The van der Waals surface area contributed by atoms with Crippen LogP contribution in [0.25, 0.3) is 0 Å². The van der Waals surface area contributed by atoms with Gasteiger partial charge in [0.2, 0.25) is 5.91 Å². The fraction of sp³-hybridized carbons (Fsp3) is 0.929. The minimum absolute atomic E-state index is 0.0427. The van der Waals surface area contributed by atoms with Crippen LogP contribution in [0, 0.1) is 0 Å². The quantitative estimate of drug-likeness (QED) is 0.560. The number of carbonyl (C=O) groups excluding carboxylic acids is 1. The fourth-order valence-electron chi connectivity index (χ4n) is 2.94. The molecule has 2 heterocycles. The molecule has 1 unspecified atom stereocenters. The van der Waals surface area contributed by atoms with Gasteiger partial charge in [-0.05, 0) is 25.7 Å². The highest BCUT2D eigenvalue weighted by Gasteiger charge is 2.41. The lowest BCUT2D eigenvalue weighted by molar-refractivity contribution is -0.193. The van der Waals surface area contributed by atoms with Crippen molar-refractivity contribution >= 4 is 13.2 Å². The van der Waals surface area contributed by atoms with Crippen LogP contribution in [0.3, 0.4) is 0 Å². The normalized spacial score (nSPS) is 30.8. The van der Waals surface area contributed by atoms with Crippen molar-refractivity contribution in [1.82, 2.24) is 4.90 Å². The van der Waals surface area contributed by atoms with Gasteiger partial charge >= 0.3 is 0 Å². The lowest BCUT2D eigenvalue weighted by Gasteiger charge is -2.30. The van der Waals surface area contributed by atoms with Gasteiger partial charge in [0.1, 0.15) is 7.28 Å². The molecule has 113 valence electrons. The first-order chi connectivity index (χ1) is 9.76. The highest BCUT2D eigenvalue weighted by atomic mass is 16.7. The molecule has 2 aliphatic heterocycles. The predicted octanol–water partition coefficient (Wildman–Crippen LogP) is 1.05. The van der Waals surface area contributed by atoms with Crippen LogP contribution in [-0.4, -0.2) is 61.4 Å². The van der Waals surface area contributed by atoms with Gasteiger partial charge < -0.3 is 19.5 Å². The van der Waals surface area contributed by atoms with E-state index in [0.29, 0.717) is 13.0 Å². The molecule has 6 heteroatoms. The summed E-state index contributed by atoms with van der Waals surface area (Å²) in [7, 11) is 2.10. The van der Waals surface area contributed by atoms with Crippen LogP contribution >= 0.6 is 0 Å². The lowest BCUT2D eigenvalue weighted by atomic mass is 9.77. The Hall–Kier alpha value is -0.585. The Morgan fingerprint density at radius 3 is 3.00 bits per heavy atom. The van der Waals surface area contributed by atoms with Crippen molar-refractivity contribution in [2.24, 2.45) is 0 Å². The van der Waals surface area contributed by atoms with Gasteiger partial charge in [0.15, 0.2) is 6.29 Å². The van der Waals surface area contributed by atoms with Crippen LogP contribution < -0.4 is 0 Å². The second kappa shape index (κ2) is 8.00. The Bertz CT molecular complexity index is 310. The number of amides is 1. The molecule has 20 heavy (non-hydrogen) atoms. The van der Waals surface area contributed by atoms with Crippen LogP contribution in [0.5, 0.6) is 0 Å². The van der Waals surface area contributed by atoms with E-state index >= 15 is 0 Å². The third-order valence-corrected chi connectivity index (χ3v) is 4.07. The summed E-state index contributed by atoms with van der Waals surface area (Å²) in [6, 6.07) is -0.218. The van der Waals surface area contributed by atoms with E-state index in [4.69, 9.17) is 9.47 Å². The second-order valence-electron chi connectivity index (χ2n) is 5.56. The topological polar surface area (TPSA) is 59.0 Å². The van der Waals surface area contributed by atoms with E-state index in [2.05, 4.69) is 7.28 Å². The first kappa shape index (κ1) is 15.8. The standard InChI is InChI=1S/C14H25BNO4/c1-15-6-4-7-16-11(10-17)12(9-13(16)18)20-14-5-2-3-8-19-14/h11-12,14,17H,2-10H2,1H3/t11-,12+,14?/m0/s1. The van der Waals surface area contributed by atoms with Gasteiger partial charge in [-0.1, -0.05) is 13.1 Å². The van der Waals surface area contributed by atoms with E-state index in [1.807, 2.05) is 6.82 Å². The maximum Gasteiger partial charge on any atom is 0.225 e. The summed E-state index contributed by atoms with van der Waals surface area (Å²) in [5, 5.41) is 9.59. The molecule has 0 aromatic carbocycles. The molecule has 0 aromatic rings. The van der Waals surface area contributed by atoms with Crippen LogP contribution in [0.1, 0.15) is 32.1 Å². The molecule has 5 nitrogen and oxygen atoms in total. The average Bonchev–Trinajstić information content (AvgIpc) is 2.76. The maximum atomic E-state index is 12.1. The molecule has 1 N–H and O–H groups in total. The molecule has 2 saturated heterocycles. The minimum Gasteiger partial charge on any atom is -0.394 e. The van der Waals surface area contributed by atoms with E-state index in [9.17, 15) is 9.90 Å².